The van der Waals surface area contributed by atoms with Crippen LogP contribution in [0.2, 0.25) is 0 Å². The molecule has 0 unspecified atom stereocenters. The van der Waals surface area contributed by atoms with E-state index in [0.717, 1.165) is 24.0 Å². The minimum atomic E-state index is -0.505. The van der Waals surface area contributed by atoms with Gasteiger partial charge in [0.2, 0.25) is 0 Å². The molecule has 0 saturated carbocycles. The van der Waals surface area contributed by atoms with Gasteiger partial charge in [-0.15, -0.1) is 0 Å². The molecule has 3 rings (SSSR count). The van der Waals surface area contributed by atoms with E-state index in [2.05, 4.69) is 9.88 Å². The van der Waals surface area contributed by atoms with Crippen LogP contribution in [0.25, 0.3) is 11.0 Å². The number of hydrogen-bond donors (Lipinski definition) is 2. The van der Waals surface area contributed by atoms with Crippen molar-refractivity contribution < 1.29 is 9.84 Å². The van der Waals surface area contributed by atoms with Crippen LogP contribution in [-0.2, 0) is 6.54 Å². The van der Waals surface area contributed by atoms with E-state index in [1.807, 2.05) is 18.2 Å². The third-order valence-corrected chi connectivity index (χ3v) is 4.41. The number of ether oxygens (including phenoxy) is 1. The molecule has 1 aliphatic rings. The second kappa shape index (κ2) is 6.66. The predicted octanol–water partition coefficient (Wildman–Crippen LogP) is -0.201. The van der Waals surface area contributed by atoms with Gasteiger partial charge in [0.05, 0.1) is 30.4 Å². The molecule has 124 valence electrons. The zero-order chi connectivity index (χ0) is 16.4. The van der Waals surface area contributed by atoms with Crippen LogP contribution >= 0.6 is 0 Å². The Hall–Kier alpha value is -1.96. The highest BCUT2D eigenvalue weighted by atomic mass is 16.5. The van der Waals surface area contributed by atoms with Crippen LogP contribution in [0.3, 0.4) is 0 Å². The van der Waals surface area contributed by atoms with E-state index in [1.165, 1.54) is 6.20 Å². The summed E-state index contributed by atoms with van der Waals surface area (Å²) in [5.74, 6) is 0.693. The largest absolute Gasteiger partial charge is 0.497 e. The van der Waals surface area contributed by atoms with Crippen LogP contribution < -0.4 is 16.0 Å². The van der Waals surface area contributed by atoms with E-state index in [-0.39, 0.29) is 11.6 Å². The SMILES string of the molecule is COc1ccc2ncc(=O)n(CCN3CC[C@H](N)[C@H](O)C3)c2c1. The first-order valence-corrected chi connectivity index (χ1v) is 7.78. The molecule has 0 spiro atoms. The van der Waals surface area contributed by atoms with E-state index < -0.39 is 6.10 Å². The van der Waals surface area contributed by atoms with E-state index in [9.17, 15) is 9.90 Å². The molecule has 23 heavy (non-hydrogen) atoms. The Bertz CT molecular complexity index is 746. The van der Waals surface area contributed by atoms with Crippen LogP contribution in [0.15, 0.2) is 29.2 Å². The lowest BCUT2D eigenvalue weighted by Gasteiger charge is -2.34. The lowest BCUT2D eigenvalue weighted by molar-refractivity contribution is 0.0520. The summed E-state index contributed by atoms with van der Waals surface area (Å²) in [5, 5.41) is 9.88. The van der Waals surface area contributed by atoms with Crippen molar-refractivity contribution in [3.05, 3.63) is 34.7 Å². The van der Waals surface area contributed by atoms with Crippen molar-refractivity contribution in [3.63, 3.8) is 0 Å². The lowest BCUT2D eigenvalue weighted by Crippen LogP contribution is -2.51. The third-order valence-electron chi connectivity index (χ3n) is 4.41. The van der Waals surface area contributed by atoms with Gasteiger partial charge in [-0.3, -0.25) is 9.69 Å². The lowest BCUT2D eigenvalue weighted by atomic mass is 10.0. The average Bonchev–Trinajstić information content (AvgIpc) is 2.56. The number of aromatic nitrogens is 2. The molecule has 2 heterocycles. The standard InChI is InChI=1S/C16H22N4O3/c1-23-11-2-3-13-14(8-11)20(16(22)9-18-13)7-6-19-5-4-12(17)15(21)10-19/h2-3,8-9,12,15,21H,4-7,10,17H2,1H3/t12-,15+/m0/s1. The molecule has 1 saturated heterocycles. The van der Waals surface area contributed by atoms with Crippen molar-refractivity contribution in [1.82, 2.24) is 14.5 Å². The van der Waals surface area contributed by atoms with Crippen molar-refractivity contribution in [2.75, 3.05) is 26.7 Å². The first kappa shape index (κ1) is 15.9. The number of benzene rings is 1. The van der Waals surface area contributed by atoms with E-state index in [1.54, 1.807) is 11.7 Å². The summed E-state index contributed by atoms with van der Waals surface area (Å²) in [6, 6.07) is 5.34. The number of nitrogens with two attached hydrogens (primary N) is 1. The minimum absolute atomic E-state index is 0.139. The Balaban J connectivity index is 1.82. The summed E-state index contributed by atoms with van der Waals surface area (Å²) in [6.07, 6.45) is 1.60. The van der Waals surface area contributed by atoms with E-state index in [0.29, 0.717) is 25.4 Å². The molecule has 0 aliphatic carbocycles. The summed E-state index contributed by atoms with van der Waals surface area (Å²) in [6.45, 7) is 2.59. The summed E-state index contributed by atoms with van der Waals surface area (Å²) >= 11 is 0. The Morgan fingerprint density at radius 1 is 1.43 bits per heavy atom. The number of hydrogen-bond acceptors (Lipinski definition) is 6. The summed E-state index contributed by atoms with van der Waals surface area (Å²) < 4.78 is 6.94. The van der Waals surface area contributed by atoms with Crippen LogP contribution in [0, 0.1) is 0 Å². The average molecular weight is 318 g/mol. The molecule has 7 nitrogen and oxygen atoms in total. The topological polar surface area (TPSA) is 93.6 Å². The van der Waals surface area contributed by atoms with Crippen molar-refractivity contribution in [1.29, 1.82) is 0 Å². The predicted molar refractivity (Wildman–Crippen MR) is 87.6 cm³/mol. The highest BCUT2D eigenvalue weighted by molar-refractivity contribution is 5.76. The van der Waals surface area contributed by atoms with Gasteiger partial charge in [0.15, 0.2) is 0 Å². The zero-order valence-corrected chi connectivity index (χ0v) is 13.2. The Kier molecular flexibility index (Phi) is 4.61. The summed E-state index contributed by atoms with van der Waals surface area (Å²) in [7, 11) is 1.60. The highest BCUT2D eigenvalue weighted by Crippen LogP contribution is 2.18. The number of nitrogens with zero attached hydrogens (tertiary/aromatic N) is 3. The molecule has 0 amide bonds. The normalized spacial score (nSPS) is 22.4. The van der Waals surface area contributed by atoms with Crippen molar-refractivity contribution >= 4 is 11.0 Å². The van der Waals surface area contributed by atoms with Gasteiger partial charge in [-0.1, -0.05) is 0 Å². The second-order valence-electron chi connectivity index (χ2n) is 5.92. The second-order valence-corrected chi connectivity index (χ2v) is 5.92. The number of rotatable bonds is 4. The number of aliphatic hydroxyl groups excluding tert-OH is 1. The van der Waals surface area contributed by atoms with Gasteiger partial charge in [-0.05, 0) is 25.1 Å². The van der Waals surface area contributed by atoms with Gasteiger partial charge in [0.25, 0.3) is 5.56 Å². The van der Waals surface area contributed by atoms with Crippen molar-refractivity contribution in [2.45, 2.75) is 25.1 Å². The number of fused-ring (bicyclic) bond motifs is 1. The Morgan fingerprint density at radius 3 is 3.00 bits per heavy atom. The van der Waals surface area contributed by atoms with Crippen LogP contribution in [0.4, 0.5) is 0 Å². The fourth-order valence-electron chi connectivity index (χ4n) is 2.96. The van der Waals surface area contributed by atoms with Crippen LogP contribution in [0.5, 0.6) is 5.75 Å². The van der Waals surface area contributed by atoms with Crippen molar-refractivity contribution in [2.24, 2.45) is 5.73 Å². The third kappa shape index (κ3) is 3.36. The van der Waals surface area contributed by atoms with Gasteiger partial charge < -0.3 is 20.1 Å². The van der Waals surface area contributed by atoms with Crippen molar-refractivity contribution in [3.8, 4) is 5.75 Å². The maximum Gasteiger partial charge on any atom is 0.269 e. The summed E-state index contributed by atoms with van der Waals surface area (Å²) in [4.78, 5) is 18.5. The van der Waals surface area contributed by atoms with E-state index >= 15 is 0 Å². The monoisotopic (exact) mass is 318 g/mol. The Labute approximate surface area is 134 Å². The molecule has 0 radical (unpaired) electrons. The molecule has 2 atom stereocenters. The molecule has 2 aromatic rings. The summed E-state index contributed by atoms with van der Waals surface area (Å²) in [5.41, 5.74) is 7.20. The highest BCUT2D eigenvalue weighted by Gasteiger charge is 2.24. The zero-order valence-electron chi connectivity index (χ0n) is 13.2. The van der Waals surface area contributed by atoms with Gasteiger partial charge in [-0.25, -0.2) is 4.98 Å². The number of piperidine rings is 1. The van der Waals surface area contributed by atoms with Gasteiger partial charge in [0, 0.05) is 31.7 Å². The fraction of sp³-hybridized carbons (Fsp3) is 0.500. The fourth-order valence-corrected chi connectivity index (χ4v) is 2.96. The molecular weight excluding hydrogens is 296 g/mol. The first-order chi connectivity index (χ1) is 11.1. The number of aliphatic hydroxyl groups is 1. The first-order valence-electron chi connectivity index (χ1n) is 7.78. The maximum atomic E-state index is 12.2. The van der Waals surface area contributed by atoms with Gasteiger partial charge in [0.1, 0.15) is 5.75 Å². The van der Waals surface area contributed by atoms with Gasteiger partial charge >= 0.3 is 0 Å². The molecule has 1 aliphatic heterocycles. The molecule has 1 aromatic carbocycles. The number of β-amino-alcohol motifs (C(OH)–C–C–N with tert-alkyl or cyclic N) is 1. The number of methoxy groups -OCH3 is 1. The molecular formula is C16H22N4O3. The minimum Gasteiger partial charge on any atom is -0.497 e. The quantitative estimate of drug-likeness (QED) is 0.811. The molecule has 1 aromatic heterocycles. The molecule has 3 N–H and O–H groups in total. The van der Waals surface area contributed by atoms with E-state index in [4.69, 9.17) is 10.5 Å². The smallest absolute Gasteiger partial charge is 0.269 e. The van der Waals surface area contributed by atoms with Gasteiger partial charge in [-0.2, -0.15) is 0 Å². The van der Waals surface area contributed by atoms with Crippen LogP contribution in [-0.4, -0.2) is 58.4 Å². The van der Waals surface area contributed by atoms with Crippen LogP contribution in [0.1, 0.15) is 6.42 Å². The maximum absolute atomic E-state index is 12.2. The number of likely N-dealkylation sites (tertiary alicyclic amines) is 1. The molecule has 1 fully saturated rings. The molecule has 7 heteroatoms. The molecule has 0 bridgehead atoms. The Morgan fingerprint density at radius 2 is 2.26 bits per heavy atom.